The quantitative estimate of drug-likeness (QED) is 0.802. The van der Waals surface area contributed by atoms with Crippen molar-refractivity contribution >= 4 is 0 Å². The predicted octanol–water partition coefficient (Wildman–Crippen LogP) is 2.59. The third-order valence-corrected chi connectivity index (χ3v) is 3.70. The Morgan fingerprint density at radius 2 is 2.00 bits per heavy atom. The second-order valence-corrected chi connectivity index (χ2v) is 5.62. The van der Waals surface area contributed by atoms with Crippen LogP contribution in [0, 0.1) is 0 Å². The third kappa shape index (κ3) is 4.58. The van der Waals surface area contributed by atoms with E-state index in [2.05, 4.69) is 17.1 Å². The fourth-order valence-corrected chi connectivity index (χ4v) is 2.59. The van der Waals surface area contributed by atoms with Crippen molar-refractivity contribution in [3.8, 4) is 0 Å². The van der Waals surface area contributed by atoms with Crippen LogP contribution in [0.5, 0.6) is 0 Å². The van der Waals surface area contributed by atoms with Gasteiger partial charge in [0.2, 0.25) is 0 Å². The molecule has 1 fully saturated rings. The molecule has 1 saturated carbocycles. The van der Waals surface area contributed by atoms with Gasteiger partial charge in [-0.2, -0.15) is 4.98 Å². The molecule has 1 aromatic heterocycles. The van der Waals surface area contributed by atoms with Crippen LogP contribution in [0.2, 0.25) is 0 Å². The third-order valence-electron chi connectivity index (χ3n) is 3.70. The van der Waals surface area contributed by atoms with Crippen molar-refractivity contribution in [2.45, 2.75) is 70.4 Å². The van der Waals surface area contributed by atoms with Gasteiger partial charge in [-0.15, -0.1) is 0 Å². The molecular weight excluding hydrogens is 242 g/mol. The molecule has 0 unspecified atom stereocenters. The van der Waals surface area contributed by atoms with Crippen LogP contribution >= 0.6 is 0 Å². The molecule has 0 spiro atoms. The molecule has 0 radical (unpaired) electrons. The van der Waals surface area contributed by atoms with Gasteiger partial charge in [-0.25, -0.2) is 0 Å². The molecule has 1 aliphatic rings. The SMILES string of the molecule is CCCc1noc(COCC2(N)CCCCCC2)n1. The minimum absolute atomic E-state index is 0.164. The maximum atomic E-state index is 6.38. The van der Waals surface area contributed by atoms with E-state index in [0.717, 1.165) is 31.5 Å². The summed E-state index contributed by atoms with van der Waals surface area (Å²) in [7, 11) is 0. The Balaban J connectivity index is 1.75. The summed E-state index contributed by atoms with van der Waals surface area (Å²) in [5.74, 6) is 1.32. The lowest BCUT2D eigenvalue weighted by atomic mass is 9.93. The first kappa shape index (κ1) is 14.5. The van der Waals surface area contributed by atoms with Crippen LogP contribution in [0.3, 0.4) is 0 Å². The van der Waals surface area contributed by atoms with Crippen LogP contribution in [0.4, 0.5) is 0 Å². The van der Waals surface area contributed by atoms with E-state index in [1.54, 1.807) is 0 Å². The van der Waals surface area contributed by atoms with E-state index in [4.69, 9.17) is 15.0 Å². The molecule has 1 aromatic rings. The van der Waals surface area contributed by atoms with Crippen LogP contribution in [0.1, 0.15) is 63.6 Å². The zero-order valence-corrected chi connectivity index (χ0v) is 11.9. The highest BCUT2D eigenvalue weighted by molar-refractivity contribution is 4.87. The van der Waals surface area contributed by atoms with Crippen molar-refractivity contribution in [3.05, 3.63) is 11.7 Å². The van der Waals surface area contributed by atoms with Crippen molar-refractivity contribution in [2.24, 2.45) is 5.73 Å². The smallest absolute Gasteiger partial charge is 0.252 e. The number of aryl methyl sites for hydroxylation is 1. The second kappa shape index (κ2) is 7.01. The molecule has 0 aliphatic heterocycles. The fraction of sp³-hybridized carbons (Fsp3) is 0.857. The molecule has 19 heavy (non-hydrogen) atoms. The van der Waals surface area contributed by atoms with Gasteiger partial charge in [-0.05, 0) is 19.3 Å². The summed E-state index contributed by atoms with van der Waals surface area (Å²) < 4.78 is 10.8. The fourth-order valence-electron chi connectivity index (χ4n) is 2.59. The largest absolute Gasteiger partial charge is 0.370 e. The van der Waals surface area contributed by atoms with Crippen LogP contribution < -0.4 is 5.73 Å². The van der Waals surface area contributed by atoms with Crippen molar-refractivity contribution in [2.75, 3.05) is 6.61 Å². The van der Waals surface area contributed by atoms with E-state index in [1.165, 1.54) is 25.7 Å². The number of nitrogens with zero attached hydrogens (tertiary/aromatic N) is 2. The first-order chi connectivity index (χ1) is 9.22. The van der Waals surface area contributed by atoms with Gasteiger partial charge in [0.15, 0.2) is 5.82 Å². The summed E-state index contributed by atoms with van der Waals surface area (Å²) in [6, 6.07) is 0. The van der Waals surface area contributed by atoms with Gasteiger partial charge in [-0.3, -0.25) is 0 Å². The minimum Gasteiger partial charge on any atom is -0.370 e. The van der Waals surface area contributed by atoms with Gasteiger partial charge in [0.05, 0.1) is 6.61 Å². The van der Waals surface area contributed by atoms with Crippen LogP contribution in [0.25, 0.3) is 0 Å². The number of aromatic nitrogens is 2. The molecule has 1 aliphatic carbocycles. The highest BCUT2D eigenvalue weighted by Gasteiger charge is 2.26. The Bertz CT molecular complexity index is 371. The zero-order valence-electron chi connectivity index (χ0n) is 11.9. The van der Waals surface area contributed by atoms with E-state index in [1.807, 2.05) is 0 Å². The van der Waals surface area contributed by atoms with E-state index in [-0.39, 0.29) is 5.54 Å². The number of hydrogen-bond acceptors (Lipinski definition) is 5. The number of hydrogen-bond donors (Lipinski definition) is 1. The Morgan fingerprint density at radius 1 is 1.26 bits per heavy atom. The molecule has 0 aromatic carbocycles. The summed E-state index contributed by atoms with van der Waals surface area (Å²) in [6.45, 7) is 3.05. The van der Waals surface area contributed by atoms with E-state index < -0.39 is 0 Å². The average molecular weight is 267 g/mol. The van der Waals surface area contributed by atoms with Crippen LogP contribution in [-0.2, 0) is 17.8 Å². The lowest BCUT2D eigenvalue weighted by molar-refractivity contribution is 0.0517. The lowest BCUT2D eigenvalue weighted by Crippen LogP contribution is -2.43. The summed E-state index contributed by atoms with van der Waals surface area (Å²) in [6.07, 6.45) is 8.99. The Hall–Kier alpha value is -0.940. The Labute approximate surface area is 114 Å². The lowest BCUT2D eigenvalue weighted by Gasteiger charge is -2.27. The second-order valence-electron chi connectivity index (χ2n) is 5.62. The van der Waals surface area contributed by atoms with Gasteiger partial charge < -0.3 is 15.0 Å². The maximum absolute atomic E-state index is 6.38. The number of nitrogens with two attached hydrogens (primary N) is 1. The van der Waals surface area contributed by atoms with Crippen LogP contribution in [0.15, 0.2) is 4.52 Å². The molecule has 2 N–H and O–H groups in total. The summed E-state index contributed by atoms with van der Waals surface area (Å²) >= 11 is 0. The van der Waals surface area contributed by atoms with Gasteiger partial charge >= 0.3 is 0 Å². The molecule has 2 rings (SSSR count). The van der Waals surface area contributed by atoms with Crippen molar-refractivity contribution in [1.29, 1.82) is 0 Å². The number of ether oxygens (including phenoxy) is 1. The highest BCUT2D eigenvalue weighted by Crippen LogP contribution is 2.25. The van der Waals surface area contributed by atoms with Gasteiger partial charge in [0.25, 0.3) is 5.89 Å². The first-order valence-corrected chi connectivity index (χ1v) is 7.40. The summed E-state index contributed by atoms with van der Waals surface area (Å²) in [4.78, 5) is 4.28. The molecule has 0 bridgehead atoms. The molecule has 0 amide bonds. The topological polar surface area (TPSA) is 74.2 Å². The van der Waals surface area contributed by atoms with Crippen molar-refractivity contribution in [3.63, 3.8) is 0 Å². The van der Waals surface area contributed by atoms with Crippen LogP contribution in [-0.4, -0.2) is 22.3 Å². The normalized spacial score (nSPS) is 19.3. The van der Waals surface area contributed by atoms with Crippen molar-refractivity contribution in [1.82, 2.24) is 10.1 Å². The van der Waals surface area contributed by atoms with Gasteiger partial charge in [0.1, 0.15) is 6.61 Å². The molecule has 108 valence electrons. The summed E-state index contributed by atoms with van der Waals surface area (Å²) in [5.41, 5.74) is 6.22. The molecular formula is C14H25N3O2. The van der Waals surface area contributed by atoms with E-state index in [0.29, 0.717) is 19.1 Å². The Morgan fingerprint density at radius 3 is 2.68 bits per heavy atom. The molecule has 0 atom stereocenters. The van der Waals surface area contributed by atoms with E-state index in [9.17, 15) is 0 Å². The van der Waals surface area contributed by atoms with Crippen molar-refractivity contribution < 1.29 is 9.26 Å². The van der Waals surface area contributed by atoms with Gasteiger partial charge in [0, 0.05) is 12.0 Å². The predicted molar refractivity (Wildman–Crippen MR) is 72.6 cm³/mol. The number of rotatable bonds is 6. The standard InChI is InChI=1S/C14H25N3O2/c1-2-7-12-16-13(19-17-12)10-18-11-14(15)8-5-3-4-6-9-14/h2-11,15H2,1H3. The molecule has 5 heteroatoms. The molecule has 1 heterocycles. The molecule has 5 nitrogen and oxygen atoms in total. The maximum Gasteiger partial charge on any atom is 0.252 e. The minimum atomic E-state index is -0.164. The monoisotopic (exact) mass is 267 g/mol. The first-order valence-electron chi connectivity index (χ1n) is 7.40. The van der Waals surface area contributed by atoms with Gasteiger partial charge in [-0.1, -0.05) is 37.8 Å². The average Bonchev–Trinajstić information content (AvgIpc) is 2.71. The zero-order chi connectivity index (χ0) is 13.6. The Kier molecular flexibility index (Phi) is 5.34. The van der Waals surface area contributed by atoms with E-state index >= 15 is 0 Å². The summed E-state index contributed by atoms with van der Waals surface area (Å²) in [5, 5.41) is 3.91. The molecule has 0 saturated heterocycles. The highest BCUT2D eigenvalue weighted by atomic mass is 16.5.